The van der Waals surface area contributed by atoms with E-state index in [1.807, 2.05) is 0 Å². The second-order valence-corrected chi connectivity index (χ2v) is 16.9. The molecule has 1 unspecified atom stereocenters. The molecular formula is C37H47FN6O10S. The first-order chi connectivity index (χ1) is 26.1. The molecule has 1 aromatic carbocycles. The monoisotopic (exact) mass is 786 g/mol. The highest BCUT2D eigenvalue weighted by Gasteiger charge is 2.62. The van der Waals surface area contributed by atoms with Gasteiger partial charge in [-0.2, -0.15) is 0 Å². The van der Waals surface area contributed by atoms with Crippen molar-refractivity contribution < 1.29 is 51.0 Å². The zero-order valence-electron chi connectivity index (χ0n) is 30.7. The quantitative estimate of drug-likeness (QED) is 0.185. The predicted molar refractivity (Wildman–Crippen MR) is 193 cm³/mol. The molecule has 2 aliphatic heterocycles. The zero-order valence-corrected chi connectivity index (χ0v) is 31.5. The third-order valence-electron chi connectivity index (χ3n) is 11.0. The van der Waals surface area contributed by atoms with Crippen molar-refractivity contribution in [1.29, 1.82) is 0 Å². The summed E-state index contributed by atoms with van der Waals surface area (Å²) in [4.78, 5) is 84.6. The molecule has 6 amide bonds. The molecule has 0 aromatic heterocycles. The molecule has 55 heavy (non-hydrogen) atoms. The van der Waals surface area contributed by atoms with Gasteiger partial charge in [-0.25, -0.2) is 22.4 Å². The van der Waals surface area contributed by atoms with Crippen LogP contribution in [0, 0.1) is 11.7 Å². The minimum absolute atomic E-state index is 0.0000694. The van der Waals surface area contributed by atoms with E-state index in [1.165, 1.54) is 35.1 Å². The Hall–Kier alpha value is -5.00. The topological polar surface area (TPSA) is 201 Å². The largest absolute Gasteiger partial charge is 0.446 e. The summed E-state index contributed by atoms with van der Waals surface area (Å²) < 4.78 is 53.2. The van der Waals surface area contributed by atoms with Crippen LogP contribution in [-0.4, -0.2) is 114 Å². The van der Waals surface area contributed by atoms with Crippen LogP contribution in [0.5, 0.6) is 0 Å². The third kappa shape index (κ3) is 8.79. The number of likely N-dealkylation sites (tertiary alicyclic amines) is 1. The Morgan fingerprint density at radius 1 is 1.05 bits per heavy atom. The van der Waals surface area contributed by atoms with Crippen LogP contribution in [-0.2, 0) is 51.8 Å². The maximum atomic E-state index is 14.5. The first kappa shape index (κ1) is 39.7. The maximum absolute atomic E-state index is 14.5. The number of fused-ring (bicyclic) bond motifs is 1. The number of ether oxygens (including phenoxy) is 2. The van der Waals surface area contributed by atoms with Crippen molar-refractivity contribution in [3.05, 3.63) is 60.5 Å². The minimum atomic E-state index is -3.97. The van der Waals surface area contributed by atoms with Gasteiger partial charge in [0.15, 0.2) is 0 Å². The highest BCUT2D eigenvalue weighted by molar-refractivity contribution is 7.91. The van der Waals surface area contributed by atoms with E-state index in [2.05, 4.69) is 28.5 Å². The minimum Gasteiger partial charge on any atom is -0.446 e. The molecule has 0 spiro atoms. The summed E-state index contributed by atoms with van der Waals surface area (Å²) in [6, 6.07) is 1.87. The van der Waals surface area contributed by atoms with Gasteiger partial charge in [0.25, 0.3) is 5.91 Å². The maximum Gasteiger partial charge on any atom is 0.410 e. The molecule has 5 aliphatic rings. The molecule has 0 radical (unpaired) electrons. The molecule has 5 atom stereocenters. The first-order valence-corrected chi connectivity index (χ1v) is 20.1. The van der Waals surface area contributed by atoms with E-state index in [1.54, 1.807) is 6.07 Å². The van der Waals surface area contributed by atoms with Gasteiger partial charge in [-0.3, -0.25) is 28.8 Å². The molecule has 3 aliphatic carbocycles. The van der Waals surface area contributed by atoms with Crippen LogP contribution in [0.3, 0.4) is 0 Å². The number of amides is 6. The average molecular weight is 787 g/mol. The molecule has 3 N–H and O–H groups in total. The van der Waals surface area contributed by atoms with Crippen molar-refractivity contribution in [1.82, 2.24) is 30.1 Å². The van der Waals surface area contributed by atoms with Crippen LogP contribution in [0.15, 0.2) is 43.5 Å². The average Bonchev–Trinajstić information content (AvgIpc) is 3.95. The summed E-state index contributed by atoms with van der Waals surface area (Å²) in [5.74, 6) is -4.00. The molecule has 1 aromatic rings. The lowest BCUT2D eigenvalue weighted by Crippen LogP contribution is -2.58. The van der Waals surface area contributed by atoms with Crippen LogP contribution < -0.4 is 15.4 Å². The number of hydrogen-bond acceptors (Lipinski definition) is 10. The first-order valence-electron chi connectivity index (χ1n) is 18.5. The number of carbonyl (C=O) groups excluding carboxylic acids is 6. The fourth-order valence-electron chi connectivity index (χ4n) is 7.50. The number of benzene rings is 1. The number of hydrogen-bond donors (Lipinski definition) is 3. The SMILES string of the molecule is C=CC(=O)N(C)CC[C@H](NC(=O)OC1CCCC1)C(=O)N1CC(OC(=O)N2Cc3cccc(F)c3C2)C[C@H]1C(=O)N[C@]1(C(=O)NS(=O)(=O)C2CC2)C[C@H]1C=C. The number of nitrogens with zero attached hydrogens (tertiary/aromatic N) is 3. The number of rotatable bonds is 14. The van der Waals surface area contributed by atoms with Gasteiger partial charge in [-0.15, -0.1) is 6.58 Å². The molecule has 16 nitrogen and oxygen atoms in total. The standard InChI is InChI=1S/C37H47FN6O10S/c1-4-23-18-37(23,34(48)41-55(51,52)26-13-14-26)40-32(46)30-17-25(54-36(50)43-19-22-9-8-12-28(38)27(22)21-43)20-44(30)33(47)29(15-16-42(3)31(45)5-2)39-35(49)53-24-10-6-7-11-24/h4-5,8-9,12,23-26,29-30H,1-2,6-7,10-11,13-21H2,3H3,(H,39,49)(H,40,46)(H,41,48)/t23-,25?,29+,30+,37-/m1/s1. The number of carbonyl (C=O) groups is 6. The second kappa shape index (κ2) is 16.0. The fraction of sp³-hybridized carbons (Fsp3) is 0.568. The molecule has 1 saturated heterocycles. The van der Waals surface area contributed by atoms with E-state index < -0.39 is 86.6 Å². The van der Waals surface area contributed by atoms with Gasteiger partial charge in [0.2, 0.25) is 27.7 Å². The van der Waals surface area contributed by atoms with E-state index in [0.29, 0.717) is 36.8 Å². The Kier molecular flexibility index (Phi) is 11.5. The number of halogens is 1. The summed E-state index contributed by atoms with van der Waals surface area (Å²) >= 11 is 0. The van der Waals surface area contributed by atoms with E-state index in [9.17, 15) is 41.6 Å². The highest BCUT2D eigenvalue weighted by atomic mass is 32.2. The van der Waals surface area contributed by atoms with Crippen LogP contribution >= 0.6 is 0 Å². The lowest BCUT2D eigenvalue weighted by Gasteiger charge is -2.30. The van der Waals surface area contributed by atoms with E-state index in [-0.39, 0.29) is 51.5 Å². The number of sulfonamides is 1. The lowest BCUT2D eigenvalue weighted by molar-refractivity contribution is -0.141. The Bertz CT molecular complexity index is 1870. The molecular weight excluding hydrogens is 740 g/mol. The predicted octanol–water partition coefficient (Wildman–Crippen LogP) is 1.99. The van der Waals surface area contributed by atoms with Gasteiger partial charge in [-0.1, -0.05) is 24.8 Å². The molecule has 6 rings (SSSR count). The van der Waals surface area contributed by atoms with E-state index >= 15 is 0 Å². The van der Waals surface area contributed by atoms with E-state index in [0.717, 1.165) is 23.8 Å². The van der Waals surface area contributed by atoms with Gasteiger partial charge in [0.1, 0.15) is 35.6 Å². The van der Waals surface area contributed by atoms with Crippen molar-refractivity contribution in [2.45, 2.75) is 106 Å². The van der Waals surface area contributed by atoms with Crippen LogP contribution in [0.1, 0.15) is 68.9 Å². The van der Waals surface area contributed by atoms with Crippen molar-refractivity contribution >= 4 is 45.8 Å². The number of alkyl carbamates (subject to hydrolysis) is 1. The van der Waals surface area contributed by atoms with Crippen LogP contribution in [0.4, 0.5) is 14.0 Å². The summed E-state index contributed by atoms with van der Waals surface area (Å²) in [7, 11) is -2.48. The van der Waals surface area contributed by atoms with Crippen molar-refractivity contribution in [3.63, 3.8) is 0 Å². The highest BCUT2D eigenvalue weighted by Crippen LogP contribution is 2.45. The molecule has 2 heterocycles. The summed E-state index contributed by atoms with van der Waals surface area (Å²) in [6.07, 6.45) is 3.16. The normalized spacial score (nSPS) is 24.9. The van der Waals surface area contributed by atoms with Gasteiger partial charge < -0.3 is 29.9 Å². The van der Waals surface area contributed by atoms with Crippen molar-refractivity contribution in [3.8, 4) is 0 Å². The fourth-order valence-corrected chi connectivity index (χ4v) is 8.87. The Balaban J connectivity index is 1.23. The number of nitrogens with one attached hydrogen (secondary N) is 3. The Morgan fingerprint density at radius 3 is 2.42 bits per heavy atom. The Labute approximate surface area is 318 Å². The second-order valence-electron chi connectivity index (χ2n) is 14.9. The summed E-state index contributed by atoms with van der Waals surface area (Å²) in [6.45, 7) is 6.94. The summed E-state index contributed by atoms with van der Waals surface area (Å²) in [5.41, 5.74) is -0.692. The summed E-state index contributed by atoms with van der Waals surface area (Å²) in [5, 5.41) is 4.58. The Morgan fingerprint density at radius 2 is 1.78 bits per heavy atom. The van der Waals surface area contributed by atoms with Gasteiger partial charge >= 0.3 is 12.2 Å². The lowest BCUT2D eigenvalue weighted by atomic mass is 10.1. The van der Waals surface area contributed by atoms with Crippen molar-refractivity contribution in [2.75, 3.05) is 20.1 Å². The number of likely N-dealkylation sites (N-methyl/N-ethyl adjacent to an activating group) is 1. The third-order valence-corrected chi connectivity index (χ3v) is 12.8. The molecule has 4 fully saturated rings. The zero-order chi connectivity index (χ0) is 39.7. The van der Waals surface area contributed by atoms with Crippen LogP contribution in [0.2, 0.25) is 0 Å². The molecule has 298 valence electrons. The molecule has 0 bridgehead atoms. The van der Waals surface area contributed by atoms with Gasteiger partial charge in [0, 0.05) is 38.0 Å². The molecule has 3 saturated carbocycles. The van der Waals surface area contributed by atoms with Gasteiger partial charge in [0.05, 0.1) is 18.3 Å². The smallest absolute Gasteiger partial charge is 0.410 e. The van der Waals surface area contributed by atoms with Crippen molar-refractivity contribution in [2.24, 2.45) is 5.92 Å². The van der Waals surface area contributed by atoms with Gasteiger partial charge in [-0.05, 0) is 69.1 Å². The molecule has 18 heteroatoms. The van der Waals surface area contributed by atoms with E-state index in [4.69, 9.17) is 9.47 Å². The van der Waals surface area contributed by atoms with Crippen LogP contribution in [0.25, 0.3) is 0 Å².